The van der Waals surface area contributed by atoms with Crippen LogP contribution in [-0.2, 0) is 0 Å². The predicted octanol–water partition coefficient (Wildman–Crippen LogP) is 3.37. The molecular formula is C6H12BrI. The van der Waals surface area contributed by atoms with Gasteiger partial charge in [0.1, 0.15) is 0 Å². The first-order valence-electron chi connectivity index (χ1n) is 2.96. The van der Waals surface area contributed by atoms with Crippen molar-refractivity contribution < 1.29 is 0 Å². The van der Waals surface area contributed by atoms with Crippen LogP contribution in [0, 0.1) is 0 Å². The quantitative estimate of drug-likeness (QED) is 0.552. The lowest BCUT2D eigenvalue weighted by molar-refractivity contribution is 0.757. The normalized spacial score (nSPS) is 18.0. The molecule has 0 radical (unpaired) electrons. The van der Waals surface area contributed by atoms with E-state index in [0.29, 0.717) is 4.83 Å². The molecule has 2 heteroatoms. The maximum Gasteiger partial charge on any atom is 0.0235 e. The van der Waals surface area contributed by atoms with E-state index >= 15 is 0 Å². The van der Waals surface area contributed by atoms with Gasteiger partial charge in [0.05, 0.1) is 0 Å². The molecule has 0 saturated heterocycles. The summed E-state index contributed by atoms with van der Waals surface area (Å²) >= 11 is 6.02. The highest BCUT2D eigenvalue weighted by atomic mass is 127. The van der Waals surface area contributed by atoms with Crippen molar-refractivity contribution in [1.29, 1.82) is 0 Å². The zero-order valence-corrected chi connectivity index (χ0v) is 9.07. The van der Waals surface area contributed by atoms with Gasteiger partial charge in [-0.25, -0.2) is 0 Å². The van der Waals surface area contributed by atoms with Crippen LogP contribution < -0.4 is 0 Å². The maximum atomic E-state index is 3.53. The molecule has 0 spiro atoms. The third-order valence-electron chi connectivity index (χ3n) is 1.06. The Bertz CT molecular complexity index is 54.5. The second kappa shape index (κ2) is 5.03. The number of alkyl halides is 2. The summed E-state index contributed by atoms with van der Waals surface area (Å²) in [6.45, 7) is 4.42. The molecule has 50 valence electrons. The summed E-state index contributed by atoms with van der Waals surface area (Å²) in [6, 6.07) is 0. The molecule has 0 fully saturated rings. The number of rotatable bonds is 3. The number of hydrogen-bond acceptors (Lipinski definition) is 0. The molecule has 0 nitrogen and oxygen atoms in total. The third kappa shape index (κ3) is 4.13. The van der Waals surface area contributed by atoms with Crippen LogP contribution in [0.3, 0.4) is 0 Å². The van der Waals surface area contributed by atoms with Gasteiger partial charge in [-0.05, 0) is 6.42 Å². The molecule has 0 aliphatic rings. The summed E-state index contributed by atoms with van der Waals surface area (Å²) in [5.74, 6) is 0. The van der Waals surface area contributed by atoms with Crippen molar-refractivity contribution in [2.24, 2.45) is 0 Å². The minimum absolute atomic E-state index is 0.669. The molecule has 2 unspecified atom stereocenters. The van der Waals surface area contributed by atoms with Gasteiger partial charge in [-0.3, -0.25) is 0 Å². The zero-order valence-electron chi connectivity index (χ0n) is 5.32. The zero-order chi connectivity index (χ0) is 6.57. The predicted molar refractivity (Wildman–Crippen MR) is 51.1 cm³/mol. The van der Waals surface area contributed by atoms with Crippen molar-refractivity contribution in [3.63, 3.8) is 0 Å². The Labute approximate surface area is 73.7 Å². The molecule has 0 rings (SSSR count). The van der Waals surface area contributed by atoms with Crippen LogP contribution in [0.5, 0.6) is 0 Å². The summed E-state index contributed by atoms with van der Waals surface area (Å²) in [5, 5.41) is 0. The number of hydrogen-bond donors (Lipinski definition) is 0. The smallest absolute Gasteiger partial charge is 0.0235 e. The second-order valence-electron chi connectivity index (χ2n) is 1.98. The van der Waals surface area contributed by atoms with Gasteiger partial charge in [-0.1, -0.05) is 58.8 Å². The first-order chi connectivity index (χ1) is 3.68. The van der Waals surface area contributed by atoms with Gasteiger partial charge in [0, 0.05) is 8.75 Å². The van der Waals surface area contributed by atoms with Gasteiger partial charge >= 0.3 is 0 Å². The number of halogens is 2. The van der Waals surface area contributed by atoms with E-state index in [-0.39, 0.29) is 0 Å². The van der Waals surface area contributed by atoms with Crippen LogP contribution in [0.25, 0.3) is 0 Å². The van der Waals surface area contributed by atoms with Crippen molar-refractivity contribution in [3.8, 4) is 0 Å². The Kier molecular flexibility index (Phi) is 5.79. The Morgan fingerprint density at radius 2 is 2.12 bits per heavy atom. The fourth-order valence-corrected chi connectivity index (χ4v) is 1.39. The Hall–Kier alpha value is 1.21. The fraction of sp³-hybridized carbons (Fsp3) is 1.00. The van der Waals surface area contributed by atoms with Gasteiger partial charge < -0.3 is 0 Å². The first-order valence-corrected chi connectivity index (χ1v) is 5.12. The molecular weight excluding hydrogens is 279 g/mol. The Balaban J connectivity index is 3.17. The lowest BCUT2D eigenvalue weighted by Gasteiger charge is -2.09. The molecule has 0 aromatic heterocycles. The largest absolute Gasteiger partial charge is 0.0882 e. The molecule has 0 aliphatic heterocycles. The van der Waals surface area contributed by atoms with Gasteiger partial charge in [-0.2, -0.15) is 0 Å². The van der Waals surface area contributed by atoms with E-state index in [4.69, 9.17) is 0 Å². The van der Waals surface area contributed by atoms with Gasteiger partial charge in [0.25, 0.3) is 0 Å². The lowest BCUT2D eigenvalue weighted by atomic mass is 10.2. The molecule has 0 N–H and O–H groups in total. The summed E-state index contributed by atoms with van der Waals surface area (Å²) < 4.78 is 0.803. The van der Waals surface area contributed by atoms with Crippen LogP contribution in [-0.4, -0.2) is 8.75 Å². The third-order valence-corrected chi connectivity index (χ3v) is 4.39. The minimum Gasteiger partial charge on any atom is -0.0882 e. The van der Waals surface area contributed by atoms with Gasteiger partial charge in [-0.15, -0.1) is 0 Å². The average Bonchev–Trinajstić information content (AvgIpc) is 1.67. The lowest BCUT2D eigenvalue weighted by Crippen LogP contribution is -2.07. The highest BCUT2D eigenvalue weighted by Crippen LogP contribution is 2.18. The molecule has 8 heavy (non-hydrogen) atoms. The van der Waals surface area contributed by atoms with Crippen molar-refractivity contribution in [2.75, 3.05) is 0 Å². The van der Waals surface area contributed by atoms with Crippen LogP contribution in [0.15, 0.2) is 0 Å². The molecule has 2 atom stereocenters. The van der Waals surface area contributed by atoms with E-state index in [2.05, 4.69) is 52.4 Å². The topological polar surface area (TPSA) is 0 Å². The van der Waals surface area contributed by atoms with Gasteiger partial charge in [0.15, 0.2) is 0 Å². The van der Waals surface area contributed by atoms with E-state index in [1.165, 1.54) is 12.8 Å². The van der Waals surface area contributed by atoms with E-state index in [0.717, 1.165) is 3.92 Å². The fourth-order valence-electron chi connectivity index (χ4n) is 0.505. The van der Waals surface area contributed by atoms with Gasteiger partial charge in [0.2, 0.25) is 0 Å². The summed E-state index contributed by atoms with van der Waals surface area (Å²) in [7, 11) is 0. The molecule has 0 aromatic carbocycles. The maximum absolute atomic E-state index is 3.53. The standard InChI is InChI=1S/C6H12BrI/c1-3-4-6(8)5(2)7/h5-6H,3-4H2,1-2H3. The van der Waals surface area contributed by atoms with E-state index in [1.54, 1.807) is 0 Å². The highest BCUT2D eigenvalue weighted by Gasteiger charge is 2.07. The van der Waals surface area contributed by atoms with Crippen molar-refractivity contribution >= 4 is 38.5 Å². The molecule has 0 bridgehead atoms. The second-order valence-corrected chi connectivity index (χ2v) is 5.03. The first kappa shape index (κ1) is 9.21. The van der Waals surface area contributed by atoms with Crippen molar-refractivity contribution in [2.45, 2.75) is 35.4 Å². The summed E-state index contributed by atoms with van der Waals surface area (Å²) in [5.41, 5.74) is 0. The molecule has 0 amide bonds. The van der Waals surface area contributed by atoms with Crippen LogP contribution in [0.4, 0.5) is 0 Å². The molecule has 0 heterocycles. The van der Waals surface area contributed by atoms with E-state index in [1.807, 2.05) is 0 Å². The Morgan fingerprint density at radius 1 is 1.62 bits per heavy atom. The molecule has 0 saturated carbocycles. The van der Waals surface area contributed by atoms with Crippen molar-refractivity contribution in [1.82, 2.24) is 0 Å². The van der Waals surface area contributed by atoms with E-state index < -0.39 is 0 Å². The molecule has 0 aromatic rings. The summed E-state index contributed by atoms with van der Waals surface area (Å²) in [4.78, 5) is 0.669. The Morgan fingerprint density at radius 3 is 2.25 bits per heavy atom. The van der Waals surface area contributed by atoms with Crippen LogP contribution >= 0.6 is 38.5 Å². The van der Waals surface area contributed by atoms with Crippen LogP contribution in [0.1, 0.15) is 26.7 Å². The van der Waals surface area contributed by atoms with E-state index in [9.17, 15) is 0 Å². The SMILES string of the molecule is CCCC(I)C(C)Br. The highest BCUT2D eigenvalue weighted by molar-refractivity contribution is 14.1. The molecule has 0 aliphatic carbocycles. The average molecular weight is 291 g/mol. The minimum atomic E-state index is 0.669. The monoisotopic (exact) mass is 290 g/mol. The van der Waals surface area contributed by atoms with Crippen LogP contribution in [0.2, 0.25) is 0 Å². The summed E-state index contributed by atoms with van der Waals surface area (Å²) in [6.07, 6.45) is 2.62. The van der Waals surface area contributed by atoms with Crippen molar-refractivity contribution in [3.05, 3.63) is 0 Å².